The molecule has 0 saturated carbocycles. The average molecular weight is 286 g/mol. The first-order chi connectivity index (χ1) is 9.31. The van der Waals surface area contributed by atoms with E-state index in [1.165, 1.54) is 6.92 Å². The van der Waals surface area contributed by atoms with E-state index in [1.54, 1.807) is 0 Å². The van der Waals surface area contributed by atoms with Crippen LogP contribution in [0.15, 0.2) is 0 Å². The summed E-state index contributed by atoms with van der Waals surface area (Å²) in [4.78, 5) is 23.1. The highest BCUT2D eigenvalue weighted by molar-refractivity contribution is 5.83. The van der Waals surface area contributed by atoms with Crippen LogP contribution in [-0.4, -0.2) is 47.3 Å². The number of carboxylic acids is 1. The summed E-state index contributed by atoms with van der Waals surface area (Å²) in [6.07, 6.45) is 3.12. The minimum absolute atomic E-state index is 0.0381. The van der Waals surface area contributed by atoms with Crippen LogP contribution in [0, 0.1) is 5.41 Å². The Labute approximate surface area is 119 Å². The molecule has 0 aromatic carbocycles. The molecule has 0 radical (unpaired) electrons. The molecule has 1 heterocycles. The number of hydrogen-bond acceptors (Lipinski definition) is 4. The summed E-state index contributed by atoms with van der Waals surface area (Å²) in [5.41, 5.74) is -1.84. The first kappa shape index (κ1) is 16.9. The summed E-state index contributed by atoms with van der Waals surface area (Å²) in [6, 6.07) is 0. The third-order valence-electron chi connectivity index (χ3n) is 3.84. The van der Waals surface area contributed by atoms with Gasteiger partial charge < -0.3 is 20.8 Å². The molecule has 20 heavy (non-hydrogen) atoms. The second-order valence-corrected chi connectivity index (χ2v) is 6.06. The van der Waals surface area contributed by atoms with Crippen LogP contribution in [0.1, 0.15) is 46.0 Å². The van der Waals surface area contributed by atoms with Gasteiger partial charge in [0.15, 0.2) is 0 Å². The Morgan fingerprint density at radius 3 is 2.65 bits per heavy atom. The van der Waals surface area contributed by atoms with Crippen LogP contribution in [0.4, 0.5) is 0 Å². The largest absolute Gasteiger partial charge is 0.481 e. The van der Waals surface area contributed by atoms with Crippen LogP contribution in [0.3, 0.4) is 0 Å². The predicted octanol–water partition coefficient (Wildman–Crippen LogP) is 0.498. The van der Waals surface area contributed by atoms with Crippen molar-refractivity contribution in [3.8, 4) is 0 Å². The molecule has 0 aromatic rings. The number of piperidine rings is 1. The molecule has 1 aliphatic rings. The number of carbonyl (C=O) groups excluding carboxylic acids is 1. The van der Waals surface area contributed by atoms with E-state index in [0.29, 0.717) is 6.54 Å². The monoisotopic (exact) mass is 286 g/mol. The molecule has 0 aromatic heterocycles. The van der Waals surface area contributed by atoms with Crippen LogP contribution in [-0.2, 0) is 9.59 Å². The van der Waals surface area contributed by atoms with Crippen molar-refractivity contribution >= 4 is 11.9 Å². The fourth-order valence-electron chi connectivity index (χ4n) is 2.81. The molecule has 2 atom stereocenters. The summed E-state index contributed by atoms with van der Waals surface area (Å²) in [5, 5.41) is 24.6. The van der Waals surface area contributed by atoms with Crippen LogP contribution in [0.2, 0.25) is 0 Å². The zero-order valence-electron chi connectivity index (χ0n) is 12.4. The van der Waals surface area contributed by atoms with Crippen LogP contribution in [0.25, 0.3) is 0 Å². The maximum absolute atomic E-state index is 12.4. The number of aliphatic hydroxyl groups is 1. The molecule has 0 spiro atoms. The molecule has 0 aliphatic carbocycles. The Kier molecular flexibility index (Phi) is 5.95. The van der Waals surface area contributed by atoms with Gasteiger partial charge in [-0.15, -0.1) is 0 Å². The topological polar surface area (TPSA) is 98.7 Å². The standard InChI is InChI=1S/C14H26N2O4/c1-3-5-14(6-4-7-15-10-14)12(19)16-9-13(2,20)8-11(17)18/h15,20H,3-10H2,1-2H3,(H,16,19)(H,17,18). The Morgan fingerprint density at radius 2 is 2.15 bits per heavy atom. The van der Waals surface area contributed by atoms with E-state index in [0.717, 1.165) is 32.2 Å². The summed E-state index contributed by atoms with van der Waals surface area (Å²) in [5.74, 6) is -1.16. The number of nitrogens with one attached hydrogen (secondary N) is 2. The van der Waals surface area contributed by atoms with Crippen molar-refractivity contribution in [3.63, 3.8) is 0 Å². The summed E-state index contributed by atoms with van der Waals surface area (Å²) >= 11 is 0. The molecule has 2 unspecified atom stereocenters. The van der Waals surface area contributed by atoms with Gasteiger partial charge in [-0.3, -0.25) is 9.59 Å². The smallest absolute Gasteiger partial charge is 0.306 e. The van der Waals surface area contributed by atoms with Gasteiger partial charge in [-0.2, -0.15) is 0 Å². The lowest BCUT2D eigenvalue weighted by Gasteiger charge is -2.37. The highest BCUT2D eigenvalue weighted by Crippen LogP contribution is 2.32. The molecule has 6 heteroatoms. The van der Waals surface area contributed by atoms with Crippen molar-refractivity contribution in [2.75, 3.05) is 19.6 Å². The Bertz CT molecular complexity index is 344. The normalized spacial score (nSPS) is 25.8. The lowest BCUT2D eigenvalue weighted by molar-refractivity contribution is -0.143. The number of carbonyl (C=O) groups is 2. The van der Waals surface area contributed by atoms with Gasteiger partial charge in [0.1, 0.15) is 0 Å². The molecule has 6 nitrogen and oxygen atoms in total. The second kappa shape index (κ2) is 7.04. The molecular weight excluding hydrogens is 260 g/mol. The maximum Gasteiger partial charge on any atom is 0.306 e. The molecule has 4 N–H and O–H groups in total. The van der Waals surface area contributed by atoms with Crippen LogP contribution in [0.5, 0.6) is 0 Å². The lowest BCUT2D eigenvalue weighted by Crippen LogP contribution is -2.53. The average Bonchev–Trinajstić information content (AvgIpc) is 2.36. The summed E-state index contributed by atoms with van der Waals surface area (Å²) in [6.45, 7) is 5.00. The SMILES string of the molecule is CCCC1(C(=O)NCC(C)(O)CC(=O)O)CCCNC1. The van der Waals surface area contributed by atoms with Crippen molar-refractivity contribution in [1.82, 2.24) is 10.6 Å². The van der Waals surface area contributed by atoms with Crippen molar-refractivity contribution in [1.29, 1.82) is 0 Å². The predicted molar refractivity (Wildman–Crippen MR) is 75.3 cm³/mol. The third kappa shape index (κ3) is 4.76. The van der Waals surface area contributed by atoms with Crippen LogP contribution >= 0.6 is 0 Å². The molecule has 0 bridgehead atoms. The van der Waals surface area contributed by atoms with Crippen molar-refractivity contribution in [2.45, 2.75) is 51.6 Å². The van der Waals surface area contributed by atoms with Gasteiger partial charge in [-0.05, 0) is 32.7 Å². The van der Waals surface area contributed by atoms with E-state index >= 15 is 0 Å². The number of amides is 1. The van der Waals surface area contributed by atoms with E-state index < -0.39 is 17.0 Å². The minimum atomic E-state index is -1.42. The molecule has 1 rings (SSSR count). The first-order valence-electron chi connectivity index (χ1n) is 7.24. The van der Waals surface area contributed by atoms with Crippen molar-refractivity contribution in [3.05, 3.63) is 0 Å². The van der Waals surface area contributed by atoms with Gasteiger partial charge in [0.05, 0.1) is 17.4 Å². The number of hydrogen-bond donors (Lipinski definition) is 4. The third-order valence-corrected chi connectivity index (χ3v) is 3.84. The first-order valence-corrected chi connectivity index (χ1v) is 7.24. The number of aliphatic carboxylic acids is 1. The molecular formula is C14H26N2O4. The number of carboxylic acid groups (broad SMARTS) is 1. The molecule has 116 valence electrons. The fourth-order valence-corrected chi connectivity index (χ4v) is 2.81. The molecule has 1 fully saturated rings. The van der Waals surface area contributed by atoms with E-state index in [2.05, 4.69) is 10.6 Å². The van der Waals surface area contributed by atoms with E-state index in [9.17, 15) is 14.7 Å². The van der Waals surface area contributed by atoms with Crippen molar-refractivity contribution in [2.24, 2.45) is 5.41 Å². The molecule has 1 amide bonds. The van der Waals surface area contributed by atoms with Gasteiger partial charge >= 0.3 is 5.97 Å². The summed E-state index contributed by atoms with van der Waals surface area (Å²) in [7, 11) is 0. The van der Waals surface area contributed by atoms with Gasteiger partial charge in [0, 0.05) is 13.1 Å². The zero-order chi connectivity index (χ0) is 15.2. The highest BCUT2D eigenvalue weighted by atomic mass is 16.4. The van der Waals surface area contributed by atoms with Crippen molar-refractivity contribution < 1.29 is 19.8 Å². The van der Waals surface area contributed by atoms with Gasteiger partial charge in [-0.25, -0.2) is 0 Å². The van der Waals surface area contributed by atoms with E-state index in [1.807, 2.05) is 6.92 Å². The fraction of sp³-hybridized carbons (Fsp3) is 0.857. The van der Waals surface area contributed by atoms with Gasteiger partial charge in [0.25, 0.3) is 0 Å². The number of rotatable bonds is 7. The highest BCUT2D eigenvalue weighted by Gasteiger charge is 2.39. The minimum Gasteiger partial charge on any atom is -0.481 e. The quantitative estimate of drug-likeness (QED) is 0.546. The Morgan fingerprint density at radius 1 is 1.45 bits per heavy atom. The van der Waals surface area contributed by atoms with Crippen LogP contribution < -0.4 is 10.6 Å². The zero-order valence-corrected chi connectivity index (χ0v) is 12.4. The van der Waals surface area contributed by atoms with Gasteiger partial charge in [0.2, 0.25) is 5.91 Å². The van der Waals surface area contributed by atoms with E-state index in [-0.39, 0.29) is 18.9 Å². The molecule has 1 aliphatic heterocycles. The summed E-state index contributed by atoms with van der Waals surface area (Å²) < 4.78 is 0. The Hall–Kier alpha value is -1.14. The van der Waals surface area contributed by atoms with E-state index in [4.69, 9.17) is 5.11 Å². The Balaban J connectivity index is 2.60. The maximum atomic E-state index is 12.4. The lowest BCUT2D eigenvalue weighted by atomic mass is 9.76. The second-order valence-electron chi connectivity index (χ2n) is 6.06. The van der Waals surface area contributed by atoms with Gasteiger partial charge in [-0.1, -0.05) is 13.3 Å². The molecule has 1 saturated heterocycles.